The first-order valence-electron chi connectivity index (χ1n) is 5.27. The smallest absolute Gasteiger partial charge is 0.307 e. The van der Waals surface area contributed by atoms with Crippen LogP contribution in [0.5, 0.6) is 0 Å². The summed E-state index contributed by atoms with van der Waals surface area (Å²) in [6.45, 7) is 0.401. The highest BCUT2D eigenvalue weighted by molar-refractivity contribution is 5.70. The number of carboxylic acid groups (broad SMARTS) is 1. The number of rotatable bonds is 4. The number of hydrogen-bond acceptors (Lipinski definition) is 4. The molecule has 0 saturated carbocycles. The van der Waals surface area contributed by atoms with Gasteiger partial charge in [0.1, 0.15) is 12.4 Å². The first-order chi connectivity index (χ1) is 8.69. The number of nitriles is 1. The minimum absolute atomic E-state index is 0.0318. The quantitative estimate of drug-likeness (QED) is 0.857. The van der Waals surface area contributed by atoms with E-state index in [4.69, 9.17) is 10.4 Å². The Morgan fingerprint density at radius 2 is 2.11 bits per heavy atom. The van der Waals surface area contributed by atoms with Crippen LogP contribution in [0.15, 0.2) is 30.6 Å². The third-order valence-electron chi connectivity index (χ3n) is 2.43. The van der Waals surface area contributed by atoms with Gasteiger partial charge >= 0.3 is 5.97 Å². The molecule has 0 amide bonds. The van der Waals surface area contributed by atoms with Gasteiger partial charge < -0.3 is 5.11 Å². The van der Waals surface area contributed by atoms with Crippen molar-refractivity contribution in [3.05, 3.63) is 47.5 Å². The van der Waals surface area contributed by atoms with Crippen molar-refractivity contribution in [1.29, 1.82) is 5.26 Å². The second-order valence-electron chi connectivity index (χ2n) is 3.72. The largest absolute Gasteiger partial charge is 0.481 e. The predicted molar refractivity (Wildman–Crippen MR) is 61.6 cm³/mol. The van der Waals surface area contributed by atoms with Crippen molar-refractivity contribution in [1.82, 2.24) is 14.8 Å². The van der Waals surface area contributed by atoms with Crippen LogP contribution in [0.3, 0.4) is 0 Å². The molecule has 2 rings (SSSR count). The molecule has 0 radical (unpaired) electrons. The highest BCUT2D eigenvalue weighted by atomic mass is 16.4. The van der Waals surface area contributed by atoms with Crippen LogP contribution in [0.4, 0.5) is 0 Å². The standard InChI is InChI=1S/C12H10N4O2/c13-6-11-14-8-16(15-11)7-10-4-2-1-3-9(10)5-12(17)18/h1-4,8H,5,7H2,(H,17,18). The molecule has 6 nitrogen and oxygen atoms in total. The molecule has 0 bridgehead atoms. The number of carboxylic acids is 1. The zero-order chi connectivity index (χ0) is 13.0. The molecule has 0 spiro atoms. The van der Waals surface area contributed by atoms with Crippen molar-refractivity contribution in [2.45, 2.75) is 13.0 Å². The Balaban J connectivity index is 2.23. The molecule has 1 heterocycles. The lowest BCUT2D eigenvalue weighted by atomic mass is 10.0. The second kappa shape index (κ2) is 5.10. The van der Waals surface area contributed by atoms with Crippen molar-refractivity contribution >= 4 is 5.97 Å². The van der Waals surface area contributed by atoms with E-state index in [1.54, 1.807) is 12.1 Å². The fourth-order valence-corrected chi connectivity index (χ4v) is 1.64. The lowest BCUT2D eigenvalue weighted by Gasteiger charge is -2.06. The third-order valence-corrected chi connectivity index (χ3v) is 2.43. The van der Waals surface area contributed by atoms with E-state index in [1.807, 2.05) is 18.2 Å². The van der Waals surface area contributed by atoms with E-state index in [9.17, 15) is 4.79 Å². The maximum atomic E-state index is 10.7. The molecule has 90 valence electrons. The van der Waals surface area contributed by atoms with E-state index in [1.165, 1.54) is 11.0 Å². The van der Waals surface area contributed by atoms with Gasteiger partial charge in [-0.3, -0.25) is 4.79 Å². The van der Waals surface area contributed by atoms with Gasteiger partial charge in [0.15, 0.2) is 0 Å². The minimum Gasteiger partial charge on any atom is -0.481 e. The molecule has 0 aliphatic carbocycles. The topological polar surface area (TPSA) is 91.8 Å². The highest BCUT2D eigenvalue weighted by Crippen LogP contribution is 2.11. The molecule has 0 fully saturated rings. The molecular weight excluding hydrogens is 232 g/mol. The SMILES string of the molecule is N#Cc1ncn(Cc2ccccc2CC(=O)O)n1. The molecule has 6 heteroatoms. The molecule has 1 aromatic carbocycles. The van der Waals surface area contributed by atoms with E-state index in [0.29, 0.717) is 6.54 Å². The van der Waals surface area contributed by atoms with Crippen molar-refractivity contribution < 1.29 is 9.90 Å². The first-order valence-corrected chi connectivity index (χ1v) is 5.27. The van der Waals surface area contributed by atoms with Crippen LogP contribution in [-0.4, -0.2) is 25.8 Å². The Labute approximate surface area is 103 Å². The molecule has 18 heavy (non-hydrogen) atoms. The number of carbonyl (C=O) groups is 1. The van der Waals surface area contributed by atoms with Gasteiger partial charge in [-0.2, -0.15) is 5.26 Å². The number of aromatic nitrogens is 3. The van der Waals surface area contributed by atoms with Gasteiger partial charge in [-0.25, -0.2) is 9.67 Å². The van der Waals surface area contributed by atoms with E-state index >= 15 is 0 Å². The van der Waals surface area contributed by atoms with E-state index in [2.05, 4.69) is 10.1 Å². The van der Waals surface area contributed by atoms with Crippen LogP contribution >= 0.6 is 0 Å². The third kappa shape index (κ3) is 2.71. The van der Waals surface area contributed by atoms with Crippen LogP contribution in [0.1, 0.15) is 17.0 Å². The highest BCUT2D eigenvalue weighted by Gasteiger charge is 2.07. The zero-order valence-electron chi connectivity index (χ0n) is 9.45. The summed E-state index contributed by atoms with van der Waals surface area (Å²) in [6, 6.07) is 9.08. The van der Waals surface area contributed by atoms with Crippen molar-refractivity contribution in [2.24, 2.45) is 0 Å². The molecule has 0 saturated heterocycles. The van der Waals surface area contributed by atoms with Gasteiger partial charge in [-0.15, -0.1) is 5.10 Å². The van der Waals surface area contributed by atoms with Crippen LogP contribution in [-0.2, 0) is 17.8 Å². The van der Waals surface area contributed by atoms with Crippen LogP contribution in [0.2, 0.25) is 0 Å². The molecule has 0 aliphatic heterocycles. The average molecular weight is 242 g/mol. The van der Waals surface area contributed by atoms with Gasteiger partial charge in [0.2, 0.25) is 0 Å². The molecule has 2 aromatic rings. The van der Waals surface area contributed by atoms with Crippen LogP contribution in [0.25, 0.3) is 0 Å². The monoisotopic (exact) mass is 242 g/mol. The fourth-order valence-electron chi connectivity index (χ4n) is 1.64. The van der Waals surface area contributed by atoms with Gasteiger partial charge in [0.05, 0.1) is 13.0 Å². The lowest BCUT2D eigenvalue weighted by Crippen LogP contribution is -2.07. The molecule has 0 unspecified atom stereocenters. The summed E-state index contributed by atoms with van der Waals surface area (Å²) >= 11 is 0. The van der Waals surface area contributed by atoms with Crippen molar-refractivity contribution in [2.75, 3.05) is 0 Å². The Kier molecular flexibility index (Phi) is 3.34. The predicted octanol–water partition coefficient (Wildman–Crippen LogP) is 0.825. The summed E-state index contributed by atoms with van der Waals surface area (Å²) < 4.78 is 1.51. The van der Waals surface area contributed by atoms with Crippen LogP contribution in [0, 0.1) is 11.3 Å². The minimum atomic E-state index is -0.876. The van der Waals surface area contributed by atoms with E-state index in [-0.39, 0.29) is 12.2 Å². The summed E-state index contributed by atoms with van der Waals surface area (Å²) in [4.78, 5) is 14.5. The molecule has 0 aliphatic rings. The zero-order valence-corrected chi connectivity index (χ0v) is 9.45. The van der Waals surface area contributed by atoms with E-state index < -0.39 is 5.97 Å². The molecule has 0 atom stereocenters. The Hall–Kier alpha value is -2.68. The molecule has 1 N–H and O–H groups in total. The number of nitrogens with zero attached hydrogens (tertiary/aromatic N) is 4. The Bertz CT molecular complexity index is 613. The average Bonchev–Trinajstić information content (AvgIpc) is 2.79. The van der Waals surface area contributed by atoms with E-state index in [0.717, 1.165) is 11.1 Å². The van der Waals surface area contributed by atoms with Gasteiger partial charge in [-0.1, -0.05) is 24.3 Å². The molecular formula is C12H10N4O2. The first kappa shape index (κ1) is 11.8. The Morgan fingerprint density at radius 1 is 1.39 bits per heavy atom. The summed E-state index contributed by atoms with van der Waals surface area (Å²) in [5.74, 6) is -0.774. The summed E-state index contributed by atoms with van der Waals surface area (Å²) in [6.07, 6.45) is 1.42. The maximum Gasteiger partial charge on any atom is 0.307 e. The van der Waals surface area contributed by atoms with Gasteiger partial charge in [0.25, 0.3) is 5.82 Å². The summed E-state index contributed by atoms with van der Waals surface area (Å²) in [5.41, 5.74) is 1.59. The fraction of sp³-hybridized carbons (Fsp3) is 0.167. The number of hydrogen-bond donors (Lipinski definition) is 1. The van der Waals surface area contributed by atoms with Crippen molar-refractivity contribution in [3.63, 3.8) is 0 Å². The second-order valence-corrected chi connectivity index (χ2v) is 3.72. The lowest BCUT2D eigenvalue weighted by molar-refractivity contribution is -0.136. The normalized spacial score (nSPS) is 9.94. The summed E-state index contributed by atoms with van der Waals surface area (Å²) in [5, 5.41) is 21.4. The number of benzene rings is 1. The van der Waals surface area contributed by atoms with Crippen molar-refractivity contribution in [3.8, 4) is 6.07 Å². The van der Waals surface area contributed by atoms with Crippen LogP contribution < -0.4 is 0 Å². The Morgan fingerprint density at radius 3 is 2.72 bits per heavy atom. The van der Waals surface area contributed by atoms with Gasteiger partial charge in [-0.05, 0) is 11.1 Å². The molecule has 1 aromatic heterocycles. The maximum absolute atomic E-state index is 10.7. The van der Waals surface area contributed by atoms with Gasteiger partial charge in [0, 0.05) is 0 Å². The summed E-state index contributed by atoms with van der Waals surface area (Å²) in [7, 11) is 0. The number of aliphatic carboxylic acids is 1.